The van der Waals surface area contributed by atoms with Gasteiger partial charge in [0.25, 0.3) is 0 Å². The molecule has 0 spiro atoms. The van der Waals surface area contributed by atoms with Gasteiger partial charge in [0.05, 0.1) is 6.54 Å². The maximum Gasteiger partial charge on any atom is 0.234 e. The van der Waals surface area contributed by atoms with Gasteiger partial charge in [-0.05, 0) is 32.1 Å². The lowest BCUT2D eigenvalue weighted by Gasteiger charge is -2.33. The Bertz CT molecular complexity index is 220. The highest BCUT2D eigenvalue weighted by Gasteiger charge is 2.26. The van der Waals surface area contributed by atoms with Gasteiger partial charge in [-0.1, -0.05) is 26.2 Å². The number of nitrogens with one attached hydrogen (secondary N) is 2. The lowest BCUT2D eigenvalue weighted by atomic mass is 9.76. The molecule has 0 aliphatic heterocycles. The molecule has 0 bridgehead atoms. The molecule has 0 atom stereocenters. The van der Waals surface area contributed by atoms with E-state index in [0.29, 0.717) is 12.0 Å². The van der Waals surface area contributed by atoms with Crippen molar-refractivity contribution >= 4 is 5.91 Å². The number of hydrogen-bond donors (Lipinski definition) is 2. The van der Waals surface area contributed by atoms with E-state index >= 15 is 0 Å². The van der Waals surface area contributed by atoms with E-state index in [0.717, 1.165) is 6.54 Å². The minimum absolute atomic E-state index is 0.106. The van der Waals surface area contributed by atoms with Crippen LogP contribution >= 0.6 is 0 Å². The fourth-order valence-corrected chi connectivity index (χ4v) is 2.43. The Hall–Kier alpha value is -0.570. The number of carbonyl (C=O) groups is 1. The summed E-state index contributed by atoms with van der Waals surface area (Å²) in [6, 6.07) is 0.236. The molecule has 1 amide bonds. The first kappa shape index (κ1) is 13.5. The Morgan fingerprint density at radius 3 is 2.44 bits per heavy atom. The molecule has 0 aromatic rings. The highest BCUT2D eigenvalue weighted by molar-refractivity contribution is 5.78. The van der Waals surface area contributed by atoms with Gasteiger partial charge in [0.2, 0.25) is 5.91 Å². The Kier molecular flexibility index (Phi) is 5.26. The second-order valence-electron chi connectivity index (χ2n) is 5.70. The van der Waals surface area contributed by atoms with Crippen molar-refractivity contribution in [3.05, 3.63) is 0 Å². The molecule has 1 aliphatic rings. The lowest BCUT2D eigenvalue weighted by Crippen LogP contribution is -2.41. The summed E-state index contributed by atoms with van der Waals surface area (Å²) in [5.74, 6) is 0.106. The van der Waals surface area contributed by atoms with E-state index in [2.05, 4.69) is 17.6 Å². The fraction of sp³-hybridized carbons (Fsp3) is 0.923. The standard InChI is InChI=1S/C13H26N2O/c1-11(2)15-12(16)9-14-10-13(3)7-5-4-6-8-13/h11,14H,4-10H2,1-3H3,(H,15,16). The van der Waals surface area contributed by atoms with Crippen LogP contribution in [0.1, 0.15) is 52.9 Å². The minimum Gasteiger partial charge on any atom is -0.353 e. The minimum atomic E-state index is 0.106. The quantitative estimate of drug-likeness (QED) is 0.753. The average Bonchev–Trinajstić information content (AvgIpc) is 2.17. The van der Waals surface area contributed by atoms with Crippen LogP contribution in [0.4, 0.5) is 0 Å². The smallest absolute Gasteiger partial charge is 0.234 e. The van der Waals surface area contributed by atoms with Crippen molar-refractivity contribution in [3.63, 3.8) is 0 Å². The molecule has 0 unspecified atom stereocenters. The molecular weight excluding hydrogens is 200 g/mol. The molecule has 3 nitrogen and oxygen atoms in total. The Morgan fingerprint density at radius 1 is 1.25 bits per heavy atom. The second-order valence-corrected chi connectivity index (χ2v) is 5.70. The van der Waals surface area contributed by atoms with Crippen molar-refractivity contribution in [2.45, 2.75) is 58.9 Å². The molecule has 94 valence electrons. The zero-order chi connectivity index (χ0) is 12.0. The van der Waals surface area contributed by atoms with E-state index in [-0.39, 0.29) is 11.9 Å². The van der Waals surface area contributed by atoms with Crippen LogP contribution in [0.3, 0.4) is 0 Å². The van der Waals surface area contributed by atoms with E-state index in [1.54, 1.807) is 0 Å². The summed E-state index contributed by atoms with van der Waals surface area (Å²) in [5, 5.41) is 6.18. The van der Waals surface area contributed by atoms with Gasteiger partial charge in [0, 0.05) is 12.6 Å². The average molecular weight is 226 g/mol. The van der Waals surface area contributed by atoms with Crippen molar-refractivity contribution in [3.8, 4) is 0 Å². The topological polar surface area (TPSA) is 41.1 Å². The van der Waals surface area contributed by atoms with E-state index < -0.39 is 0 Å². The Morgan fingerprint density at radius 2 is 1.88 bits per heavy atom. The van der Waals surface area contributed by atoms with Crippen LogP contribution in [-0.4, -0.2) is 25.0 Å². The van der Waals surface area contributed by atoms with Gasteiger partial charge >= 0.3 is 0 Å². The third-order valence-electron chi connectivity index (χ3n) is 3.35. The molecular formula is C13H26N2O. The summed E-state index contributed by atoms with van der Waals surface area (Å²) in [6.07, 6.45) is 6.66. The molecule has 1 saturated carbocycles. The van der Waals surface area contributed by atoms with Gasteiger partial charge in [0.1, 0.15) is 0 Å². The summed E-state index contributed by atoms with van der Waals surface area (Å²) in [7, 11) is 0. The van der Waals surface area contributed by atoms with Crippen LogP contribution < -0.4 is 10.6 Å². The maximum atomic E-state index is 11.4. The first-order valence-electron chi connectivity index (χ1n) is 6.52. The largest absolute Gasteiger partial charge is 0.353 e. The first-order chi connectivity index (χ1) is 7.52. The van der Waals surface area contributed by atoms with Gasteiger partial charge in [-0.2, -0.15) is 0 Å². The van der Waals surface area contributed by atoms with E-state index in [9.17, 15) is 4.79 Å². The number of rotatable bonds is 5. The SMILES string of the molecule is CC(C)NC(=O)CNCC1(C)CCCCC1. The van der Waals surface area contributed by atoms with Crippen molar-refractivity contribution < 1.29 is 4.79 Å². The summed E-state index contributed by atoms with van der Waals surface area (Å²) in [5.41, 5.74) is 0.413. The summed E-state index contributed by atoms with van der Waals surface area (Å²) in [4.78, 5) is 11.4. The number of hydrogen-bond acceptors (Lipinski definition) is 2. The van der Waals surface area contributed by atoms with E-state index in [4.69, 9.17) is 0 Å². The molecule has 0 heterocycles. The Labute approximate surface area is 99.4 Å². The molecule has 0 aromatic carbocycles. The van der Waals surface area contributed by atoms with Crippen LogP contribution in [0.15, 0.2) is 0 Å². The molecule has 2 N–H and O–H groups in total. The molecule has 0 saturated heterocycles. The van der Waals surface area contributed by atoms with Crippen LogP contribution in [0, 0.1) is 5.41 Å². The summed E-state index contributed by atoms with van der Waals surface area (Å²) in [6.45, 7) is 7.73. The molecule has 0 radical (unpaired) electrons. The Balaban J connectivity index is 2.16. The van der Waals surface area contributed by atoms with E-state index in [1.165, 1.54) is 32.1 Å². The molecule has 0 aromatic heterocycles. The predicted octanol–water partition coefficient (Wildman–Crippen LogP) is 2.07. The molecule has 1 aliphatic carbocycles. The lowest BCUT2D eigenvalue weighted by molar-refractivity contribution is -0.120. The van der Waals surface area contributed by atoms with Crippen molar-refractivity contribution in [1.82, 2.24) is 10.6 Å². The van der Waals surface area contributed by atoms with Crippen molar-refractivity contribution in [2.75, 3.05) is 13.1 Å². The number of amides is 1. The predicted molar refractivity (Wildman–Crippen MR) is 67.3 cm³/mol. The maximum absolute atomic E-state index is 11.4. The highest BCUT2D eigenvalue weighted by atomic mass is 16.1. The summed E-state index contributed by atoms with van der Waals surface area (Å²) >= 11 is 0. The third-order valence-corrected chi connectivity index (χ3v) is 3.35. The fourth-order valence-electron chi connectivity index (χ4n) is 2.43. The monoisotopic (exact) mass is 226 g/mol. The highest BCUT2D eigenvalue weighted by Crippen LogP contribution is 2.34. The van der Waals surface area contributed by atoms with E-state index in [1.807, 2.05) is 13.8 Å². The zero-order valence-electron chi connectivity index (χ0n) is 10.9. The zero-order valence-corrected chi connectivity index (χ0v) is 10.9. The third kappa shape index (κ3) is 4.97. The van der Waals surface area contributed by atoms with Gasteiger partial charge in [-0.15, -0.1) is 0 Å². The second kappa shape index (κ2) is 6.24. The van der Waals surface area contributed by atoms with Gasteiger partial charge in [0.15, 0.2) is 0 Å². The summed E-state index contributed by atoms with van der Waals surface area (Å²) < 4.78 is 0. The van der Waals surface area contributed by atoms with Crippen LogP contribution in [0.5, 0.6) is 0 Å². The van der Waals surface area contributed by atoms with Crippen LogP contribution in [0.25, 0.3) is 0 Å². The van der Waals surface area contributed by atoms with Gasteiger partial charge in [-0.25, -0.2) is 0 Å². The van der Waals surface area contributed by atoms with Crippen LogP contribution in [0.2, 0.25) is 0 Å². The van der Waals surface area contributed by atoms with Crippen molar-refractivity contribution in [2.24, 2.45) is 5.41 Å². The van der Waals surface area contributed by atoms with Gasteiger partial charge < -0.3 is 10.6 Å². The first-order valence-corrected chi connectivity index (χ1v) is 6.52. The van der Waals surface area contributed by atoms with Crippen LogP contribution in [-0.2, 0) is 4.79 Å². The molecule has 3 heteroatoms. The molecule has 1 rings (SSSR count). The van der Waals surface area contributed by atoms with Gasteiger partial charge in [-0.3, -0.25) is 4.79 Å². The number of carbonyl (C=O) groups excluding carboxylic acids is 1. The molecule has 16 heavy (non-hydrogen) atoms. The molecule has 1 fully saturated rings. The normalized spacial score (nSPS) is 19.8. The van der Waals surface area contributed by atoms with Crippen molar-refractivity contribution in [1.29, 1.82) is 0 Å².